The SMILES string of the molecule is C=C(C)C(=O)Oc1ccc(C(C)(c2c(F)c(F)c(OC(=O)C(=C)C)c(F)c2F)C(F)F)cc1. The summed E-state index contributed by atoms with van der Waals surface area (Å²) in [5, 5.41) is 0. The summed E-state index contributed by atoms with van der Waals surface area (Å²) < 4.78 is 96.2. The van der Waals surface area contributed by atoms with Crippen molar-refractivity contribution in [1.29, 1.82) is 0 Å². The molecule has 176 valence electrons. The highest BCUT2D eigenvalue weighted by Crippen LogP contribution is 2.44. The Morgan fingerprint density at radius 3 is 1.64 bits per heavy atom. The first-order valence-corrected chi connectivity index (χ1v) is 9.23. The average molecular weight is 472 g/mol. The second-order valence-electron chi connectivity index (χ2n) is 7.33. The lowest BCUT2D eigenvalue weighted by atomic mass is 9.75. The summed E-state index contributed by atoms with van der Waals surface area (Å²) in [7, 11) is 0. The van der Waals surface area contributed by atoms with Gasteiger partial charge in [-0.3, -0.25) is 0 Å². The zero-order valence-corrected chi connectivity index (χ0v) is 17.7. The lowest BCUT2D eigenvalue weighted by Gasteiger charge is -2.31. The van der Waals surface area contributed by atoms with Crippen LogP contribution in [0.5, 0.6) is 11.5 Å². The van der Waals surface area contributed by atoms with E-state index in [1.807, 2.05) is 0 Å². The van der Waals surface area contributed by atoms with Crippen LogP contribution in [0.15, 0.2) is 48.6 Å². The Bertz CT molecular complexity index is 1110. The quantitative estimate of drug-likeness (QED) is 0.169. The van der Waals surface area contributed by atoms with Crippen molar-refractivity contribution in [3.63, 3.8) is 0 Å². The highest BCUT2D eigenvalue weighted by atomic mass is 19.3. The number of hydrogen-bond acceptors (Lipinski definition) is 4. The molecule has 2 rings (SSSR count). The van der Waals surface area contributed by atoms with Crippen LogP contribution in [0.3, 0.4) is 0 Å². The summed E-state index contributed by atoms with van der Waals surface area (Å²) in [6.07, 6.45) is -3.55. The number of halogens is 6. The fraction of sp³-hybridized carbons (Fsp3) is 0.217. The highest BCUT2D eigenvalue weighted by molar-refractivity contribution is 5.89. The first kappa shape index (κ1) is 25.7. The smallest absolute Gasteiger partial charge is 0.338 e. The van der Waals surface area contributed by atoms with Gasteiger partial charge in [-0.25, -0.2) is 27.2 Å². The molecule has 1 unspecified atom stereocenters. The lowest BCUT2D eigenvalue weighted by molar-refractivity contribution is -0.131. The summed E-state index contributed by atoms with van der Waals surface area (Å²) >= 11 is 0. The van der Waals surface area contributed by atoms with Gasteiger partial charge in [-0.05, 0) is 38.5 Å². The van der Waals surface area contributed by atoms with Crippen LogP contribution in [0.4, 0.5) is 26.3 Å². The summed E-state index contributed by atoms with van der Waals surface area (Å²) in [5.74, 6) is -12.7. The number of alkyl halides is 2. The minimum absolute atomic E-state index is 0.0547. The third kappa shape index (κ3) is 4.79. The van der Waals surface area contributed by atoms with E-state index in [1.165, 1.54) is 6.92 Å². The highest BCUT2D eigenvalue weighted by Gasteiger charge is 2.46. The fourth-order valence-corrected chi connectivity index (χ4v) is 2.78. The molecule has 33 heavy (non-hydrogen) atoms. The van der Waals surface area contributed by atoms with E-state index in [2.05, 4.69) is 17.9 Å². The standard InChI is InChI=1S/C23H18F6O4/c1-10(2)20(30)32-13-8-6-12(7-9-13)23(5,22(28)29)14-15(24)17(26)19(18(27)16(14)25)33-21(31)11(3)4/h6-9,22H,1,3H2,2,4-5H3. The molecule has 0 aromatic heterocycles. The van der Waals surface area contributed by atoms with Gasteiger partial charge in [0.05, 0.1) is 5.41 Å². The first-order chi connectivity index (χ1) is 15.2. The number of rotatable bonds is 7. The van der Waals surface area contributed by atoms with Gasteiger partial charge in [0.1, 0.15) is 5.75 Å². The van der Waals surface area contributed by atoms with E-state index in [-0.39, 0.29) is 16.9 Å². The third-order valence-electron chi connectivity index (χ3n) is 4.74. The van der Waals surface area contributed by atoms with Crippen LogP contribution in [0.1, 0.15) is 31.9 Å². The van der Waals surface area contributed by atoms with Gasteiger partial charge in [0, 0.05) is 16.7 Å². The molecular formula is C23H18F6O4. The molecule has 1 atom stereocenters. The third-order valence-corrected chi connectivity index (χ3v) is 4.74. The Kier molecular flexibility index (Phi) is 7.41. The molecule has 0 aliphatic rings. The van der Waals surface area contributed by atoms with Gasteiger partial charge in [-0.15, -0.1) is 0 Å². The maximum absolute atomic E-state index is 14.8. The summed E-state index contributed by atoms with van der Waals surface area (Å²) in [4.78, 5) is 23.1. The molecular weight excluding hydrogens is 454 g/mol. The normalized spacial score (nSPS) is 12.8. The predicted octanol–water partition coefficient (Wildman–Crippen LogP) is 5.78. The summed E-state index contributed by atoms with van der Waals surface area (Å²) in [6.45, 7) is 9.70. The van der Waals surface area contributed by atoms with Crippen molar-refractivity contribution < 1.29 is 45.4 Å². The van der Waals surface area contributed by atoms with Crippen molar-refractivity contribution in [3.05, 3.63) is 83.0 Å². The zero-order valence-electron chi connectivity index (χ0n) is 17.7. The zero-order chi connectivity index (χ0) is 25.2. The number of carbonyl (C=O) groups is 2. The van der Waals surface area contributed by atoms with Gasteiger partial charge in [-0.2, -0.15) is 8.78 Å². The van der Waals surface area contributed by atoms with Crippen LogP contribution in [0.2, 0.25) is 0 Å². The molecule has 0 radical (unpaired) electrons. The molecule has 0 saturated heterocycles. The van der Waals surface area contributed by atoms with Gasteiger partial charge >= 0.3 is 11.9 Å². The van der Waals surface area contributed by atoms with E-state index in [9.17, 15) is 35.9 Å². The molecule has 4 nitrogen and oxygen atoms in total. The topological polar surface area (TPSA) is 52.6 Å². The van der Waals surface area contributed by atoms with Gasteiger partial charge in [0.25, 0.3) is 6.43 Å². The number of ether oxygens (including phenoxy) is 2. The van der Waals surface area contributed by atoms with E-state index in [0.29, 0.717) is 6.92 Å². The molecule has 0 aliphatic carbocycles. The molecule has 10 heteroatoms. The largest absolute Gasteiger partial charge is 0.423 e. The number of hydrogen-bond donors (Lipinski definition) is 0. The van der Waals surface area contributed by atoms with Crippen LogP contribution < -0.4 is 9.47 Å². The van der Waals surface area contributed by atoms with Gasteiger partial charge in [0.15, 0.2) is 11.6 Å². The molecule has 2 aromatic carbocycles. The monoisotopic (exact) mass is 472 g/mol. The Balaban J connectivity index is 2.65. The minimum atomic E-state index is -3.55. The van der Waals surface area contributed by atoms with Gasteiger partial charge in [-0.1, -0.05) is 25.3 Å². The van der Waals surface area contributed by atoms with Crippen LogP contribution >= 0.6 is 0 Å². The molecule has 0 amide bonds. The molecule has 2 aromatic rings. The van der Waals surface area contributed by atoms with E-state index >= 15 is 0 Å². The van der Waals surface area contributed by atoms with Crippen LogP contribution in [0.25, 0.3) is 0 Å². The molecule has 0 bridgehead atoms. The Labute approximate surface area is 185 Å². The van der Waals surface area contributed by atoms with Crippen molar-refractivity contribution in [2.45, 2.75) is 32.6 Å². The van der Waals surface area contributed by atoms with E-state index in [1.54, 1.807) is 0 Å². The molecule has 0 aliphatic heterocycles. The van der Waals surface area contributed by atoms with Crippen molar-refractivity contribution in [3.8, 4) is 11.5 Å². The first-order valence-electron chi connectivity index (χ1n) is 9.23. The van der Waals surface area contributed by atoms with Gasteiger partial charge in [0.2, 0.25) is 17.4 Å². The number of carbonyl (C=O) groups excluding carboxylic acids is 2. The van der Waals surface area contributed by atoms with Crippen LogP contribution in [-0.2, 0) is 15.0 Å². The van der Waals surface area contributed by atoms with Crippen LogP contribution in [-0.4, -0.2) is 18.4 Å². The molecule has 0 fully saturated rings. The fourth-order valence-electron chi connectivity index (χ4n) is 2.78. The van der Waals surface area contributed by atoms with E-state index in [0.717, 1.165) is 31.2 Å². The van der Waals surface area contributed by atoms with E-state index < -0.39 is 63.9 Å². The number of esters is 2. The van der Waals surface area contributed by atoms with Crippen LogP contribution in [0, 0.1) is 23.3 Å². The van der Waals surface area contributed by atoms with Crippen molar-refractivity contribution in [2.75, 3.05) is 0 Å². The van der Waals surface area contributed by atoms with Crippen molar-refractivity contribution >= 4 is 11.9 Å². The molecule has 0 heterocycles. The van der Waals surface area contributed by atoms with Gasteiger partial charge < -0.3 is 9.47 Å². The van der Waals surface area contributed by atoms with Crippen molar-refractivity contribution in [2.24, 2.45) is 0 Å². The molecule has 0 saturated carbocycles. The second kappa shape index (κ2) is 9.51. The Morgan fingerprint density at radius 2 is 1.24 bits per heavy atom. The Hall–Kier alpha value is -3.56. The number of benzene rings is 2. The summed E-state index contributed by atoms with van der Waals surface area (Å²) in [5.41, 5.74) is -5.23. The second-order valence-corrected chi connectivity index (χ2v) is 7.33. The molecule has 0 N–H and O–H groups in total. The lowest BCUT2D eigenvalue weighted by Crippen LogP contribution is -2.35. The maximum atomic E-state index is 14.8. The summed E-state index contributed by atoms with van der Waals surface area (Å²) in [6, 6.07) is 4.03. The molecule has 0 spiro atoms. The minimum Gasteiger partial charge on any atom is -0.423 e. The van der Waals surface area contributed by atoms with Crippen molar-refractivity contribution in [1.82, 2.24) is 0 Å². The predicted molar refractivity (Wildman–Crippen MR) is 106 cm³/mol. The Morgan fingerprint density at radius 1 is 0.818 bits per heavy atom. The van der Waals surface area contributed by atoms with E-state index in [4.69, 9.17) is 4.74 Å². The average Bonchev–Trinajstić information content (AvgIpc) is 2.75. The maximum Gasteiger partial charge on any atom is 0.338 e.